The number of aromatic nitrogens is 2. The molecule has 2 N–H and O–H groups in total. The molecule has 0 aliphatic carbocycles. The number of ether oxygens (including phenoxy) is 1. The zero-order valence-corrected chi connectivity index (χ0v) is 17.3. The van der Waals surface area contributed by atoms with Gasteiger partial charge < -0.3 is 17.1 Å². The van der Waals surface area contributed by atoms with Crippen LogP contribution in [0.2, 0.25) is 0 Å². The van der Waals surface area contributed by atoms with E-state index in [1.807, 2.05) is 30.3 Å². The van der Waals surface area contributed by atoms with E-state index in [0.717, 1.165) is 42.2 Å². The summed E-state index contributed by atoms with van der Waals surface area (Å²) in [5, 5.41) is 0. The number of nitrogens with two attached hydrogens (primary N) is 1. The fraction of sp³-hybridized carbons (Fsp3) is 0.208. The fourth-order valence-electron chi connectivity index (χ4n) is 3.60. The number of anilines is 1. The maximum Gasteiger partial charge on any atom is 0.356 e. The van der Waals surface area contributed by atoms with Crippen LogP contribution in [0, 0.1) is 6.92 Å². The summed E-state index contributed by atoms with van der Waals surface area (Å²) in [4.78, 5) is 0. The zero-order chi connectivity index (χ0) is 19.3. The lowest BCUT2D eigenvalue weighted by atomic mass is 10.1. The van der Waals surface area contributed by atoms with Gasteiger partial charge in [-0.25, -0.2) is 9.13 Å². The Morgan fingerprint density at radius 3 is 2.38 bits per heavy atom. The normalized spacial score (nSPS) is 10.7. The molecule has 29 heavy (non-hydrogen) atoms. The van der Waals surface area contributed by atoms with Crippen molar-refractivity contribution >= 4 is 17.0 Å². The predicted molar refractivity (Wildman–Crippen MR) is 113 cm³/mol. The third kappa shape index (κ3) is 4.54. The predicted octanol–water partition coefficient (Wildman–Crippen LogP) is 1.34. The highest BCUT2D eigenvalue weighted by atomic mass is 35.5. The molecular formula is C24H26ClN3O. The molecule has 0 atom stereocenters. The molecule has 0 radical (unpaired) electrons. The third-order valence-electron chi connectivity index (χ3n) is 5.14. The van der Waals surface area contributed by atoms with Crippen molar-refractivity contribution in [3.8, 4) is 5.75 Å². The van der Waals surface area contributed by atoms with Gasteiger partial charge in [0.1, 0.15) is 16.8 Å². The summed E-state index contributed by atoms with van der Waals surface area (Å²) in [5.74, 6) is 1.69. The lowest BCUT2D eigenvalue weighted by Crippen LogP contribution is -3.00. The molecule has 4 rings (SSSR count). The van der Waals surface area contributed by atoms with Crippen LogP contribution < -0.4 is 27.4 Å². The first-order valence-electron chi connectivity index (χ1n) is 9.73. The van der Waals surface area contributed by atoms with Crippen LogP contribution in [0.3, 0.4) is 0 Å². The smallest absolute Gasteiger partial charge is 0.356 e. The number of aryl methyl sites for hydroxylation is 2. The van der Waals surface area contributed by atoms with Crippen LogP contribution in [-0.2, 0) is 13.1 Å². The molecule has 0 bridgehead atoms. The van der Waals surface area contributed by atoms with Crippen LogP contribution in [0.25, 0.3) is 11.0 Å². The second-order valence-electron chi connectivity index (χ2n) is 7.03. The van der Waals surface area contributed by atoms with E-state index in [1.165, 1.54) is 11.1 Å². The lowest BCUT2D eigenvalue weighted by Gasteiger charge is -2.07. The first kappa shape index (κ1) is 20.7. The van der Waals surface area contributed by atoms with E-state index in [2.05, 4.69) is 64.6 Å². The average molecular weight is 408 g/mol. The van der Waals surface area contributed by atoms with Gasteiger partial charge in [-0.05, 0) is 42.3 Å². The Morgan fingerprint density at radius 1 is 0.897 bits per heavy atom. The molecule has 0 fully saturated rings. The molecule has 1 aromatic heterocycles. The van der Waals surface area contributed by atoms with E-state index >= 15 is 0 Å². The van der Waals surface area contributed by atoms with Crippen LogP contribution in [-0.4, -0.2) is 11.2 Å². The maximum atomic E-state index is 6.59. The average Bonchev–Trinajstić information content (AvgIpc) is 2.99. The number of fused-ring (bicyclic) bond motifs is 1. The van der Waals surface area contributed by atoms with Gasteiger partial charge in [0.15, 0.2) is 0 Å². The number of imidazole rings is 1. The van der Waals surface area contributed by atoms with Crippen molar-refractivity contribution in [2.24, 2.45) is 0 Å². The quantitative estimate of drug-likeness (QED) is 0.371. The summed E-state index contributed by atoms with van der Waals surface area (Å²) in [6.07, 6.45) is 0.891. The van der Waals surface area contributed by atoms with Gasteiger partial charge in [0.25, 0.3) is 0 Å². The first-order valence-corrected chi connectivity index (χ1v) is 9.73. The Morgan fingerprint density at radius 2 is 1.59 bits per heavy atom. The van der Waals surface area contributed by atoms with Gasteiger partial charge in [0.05, 0.1) is 19.7 Å². The van der Waals surface area contributed by atoms with E-state index < -0.39 is 0 Å². The molecule has 0 aliphatic rings. The molecule has 5 heteroatoms. The number of hydrogen-bond donors (Lipinski definition) is 1. The topological polar surface area (TPSA) is 44.1 Å². The van der Waals surface area contributed by atoms with Gasteiger partial charge in [-0.1, -0.05) is 54.6 Å². The molecule has 4 nitrogen and oxygen atoms in total. The van der Waals surface area contributed by atoms with E-state index in [1.54, 1.807) is 0 Å². The summed E-state index contributed by atoms with van der Waals surface area (Å²) >= 11 is 0. The van der Waals surface area contributed by atoms with Crippen LogP contribution in [0.15, 0.2) is 78.9 Å². The van der Waals surface area contributed by atoms with Gasteiger partial charge in [-0.3, -0.25) is 5.73 Å². The summed E-state index contributed by atoms with van der Waals surface area (Å²) in [6.45, 7) is 4.40. The Bertz CT molecular complexity index is 1080. The van der Waals surface area contributed by atoms with Crippen molar-refractivity contribution in [1.82, 2.24) is 4.57 Å². The molecule has 0 saturated heterocycles. The Kier molecular flexibility index (Phi) is 6.78. The highest BCUT2D eigenvalue weighted by Crippen LogP contribution is 2.18. The summed E-state index contributed by atoms with van der Waals surface area (Å²) in [6, 6.07) is 26.8. The van der Waals surface area contributed by atoms with E-state index in [4.69, 9.17) is 10.5 Å². The molecule has 4 aromatic rings. The van der Waals surface area contributed by atoms with Crippen LogP contribution >= 0.6 is 0 Å². The molecule has 0 unspecified atom stereocenters. The Hall–Kier alpha value is -2.98. The van der Waals surface area contributed by atoms with Gasteiger partial charge in [0, 0.05) is 6.42 Å². The highest BCUT2D eigenvalue weighted by Gasteiger charge is 2.21. The van der Waals surface area contributed by atoms with Crippen molar-refractivity contribution in [1.29, 1.82) is 0 Å². The van der Waals surface area contributed by atoms with Crippen LogP contribution in [0.5, 0.6) is 5.75 Å². The van der Waals surface area contributed by atoms with E-state index in [-0.39, 0.29) is 12.4 Å². The highest BCUT2D eigenvalue weighted by molar-refractivity contribution is 5.73. The van der Waals surface area contributed by atoms with Crippen molar-refractivity contribution in [2.45, 2.75) is 26.4 Å². The second-order valence-corrected chi connectivity index (χ2v) is 7.03. The van der Waals surface area contributed by atoms with Crippen molar-refractivity contribution in [2.75, 3.05) is 12.3 Å². The number of hydrogen-bond acceptors (Lipinski definition) is 2. The zero-order valence-electron chi connectivity index (χ0n) is 16.6. The van der Waals surface area contributed by atoms with Crippen molar-refractivity contribution in [3.63, 3.8) is 0 Å². The largest absolute Gasteiger partial charge is 1.00 e. The minimum absolute atomic E-state index is 0. The van der Waals surface area contributed by atoms with E-state index in [0.29, 0.717) is 6.61 Å². The fourth-order valence-corrected chi connectivity index (χ4v) is 3.60. The molecule has 0 amide bonds. The number of rotatable bonds is 7. The van der Waals surface area contributed by atoms with Gasteiger partial charge >= 0.3 is 5.95 Å². The first-order chi connectivity index (χ1) is 13.7. The second kappa shape index (κ2) is 9.48. The number of para-hydroxylation sites is 3. The lowest BCUT2D eigenvalue weighted by molar-refractivity contribution is -0.648. The minimum Gasteiger partial charge on any atom is -1.00 e. The Labute approximate surface area is 178 Å². The molecule has 0 saturated carbocycles. The molecule has 0 spiro atoms. The molecular weight excluding hydrogens is 382 g/mol. The summed E-state index contributed by atoms with van der Waals surface area (Å²) < 4.78 is 10.2. The van der Waals surface area contributed by atoms with Gasteiger partial charge in [0.2, 0.25) is 0 Å². The number of benzene rings is 3. The van der Waals surface area contributed by atoms with Gasteiger partial charge in [-0.2, -0.15) is 0 Å². The van der Waals surface area contributed by atoms with E-state index in [9.17, 15) is 0 Å². The number of nitrogens with zero attached hydrogens (tertiary/aromatic N) is 2. The van der Waals surface area contributed by atoms with Crippen molar-refractivity contribution in [3.05, 3.63) is 90.0 Å². The molecule has 150 valence electrons. The van der Waals surface area contributed by atoms with Crippen molar-refractivity contribution < 1.29 is 21.7 Å². The summed E-state index contributed by atoms with van der Waals surface area (Å²) in [5.41, 5.74) is 11.5. The standard InChI is InChI=1S/C24H25N3O.ClH/c1-19-10-5-6-11-20(19)18-27-23-15-8-7-14-22(23)26(24(27)25)16-9-17-28-21-12-3-2-4-13-21;/h2-8,10-15,25H,9,16-18H2,1H3;1H. The SMILES string of the molecule is Cc1ccccc1C[n+]1c(N)n(CCCOc2ccccc2)c2ccccc21.[Cl-]. The number of nitrogen functional groups attached to an aromatic ring is 1. The third-order valence-corrected chi connectivity index (χ3v) is 5.14. The molecule has 1 heterocycles. The number of halogens is 1. The molecule has 0 aliphatic heterocycles. The van der Waals surface area contributed by atoms with Crippen LogP contribution in [0.4, 0.5) is 5.95 Å². The Balaban J connectivity index is 0.00000240. The monoisotopic (exact) mass is 407 g/mol. The summed E-state index contributed by atoms with van der Waals surface area (Å²) in [7, 11) is 0. The maximum absolute atomic E-state index is 6.59. The molecule has 3 aromatic carbocycles. The van der Waals surface area contributed by atoms with Crippen LogP contribution in [0.1, 0.15) is 17.5 Å². The van der Waals surface area contributed by atoms with Gasteiger partial charge in [-0.15, -0.1) is 0 Å². The minimum atomic E-state index is 0.